The van der Waals surface area contributed by atoms with Crippen molar-refractivity contribution >= 4 is 11.9 Å². The first-order valence-corrected chi connectivity index (χ1v) is 5.25. The molecule has 0 spiro atoms. The summed E-state index contributed by atoms with van der Waals surface area (Å²) in [7, 11) is 0. The molecule has 0 unspecified atom stereocenters. The van der Waals surface area contributed by atoms with E-state index in [2.05, 4.69) is 12.2 Å². The number of hydrogen-bond acceptors (Lipinski definition) is 3. The lowest BCUT2D eigenvalue weighted by Crippen LogP contribution is -2.29. The Kier molecular flexibility index (Phi) is 7.62. The van der Waals surface area contributed by atoms with Gasteiger partial charge in [0.2, 0.25) is 5.91 Å². The Labute approximate surface area is 89.5 Å². The predicted molar refractivity (Wildman–Crippen MR) is 55.4 cm³/mol. The number of amides is 1. The number of hydrogen-bond donors (Lipinski definition) is 3. The first-order valence-electron chi connectivity index (χ1n) is 5.25. The van der Waals surface area contributed by atoms with Crippen LogP contribution in [0.15, 0.2) is 0 Å². The molecule has 5 heteroatoms. The van der Waals surface area contributed by atoms with Crippen molar-refractivity contribution in [2.24, 2.45) is 0 Å². The molecule has 0 saturated heterocycles. The molecule has 0 saturated carbocycles. The molecule has 0 bridgehead atoms. The van der Waals surface area contributed by atoms with Crippen LogP contribution in [-0.2, 0) is 9.59 Å². The van der Waals surface area contributed by atoms with Crippen LogP contribution in [-0.4, -0.2) is 34.7 Å². The average Bonchev–Trinajstić information content (AvgIpc) is 2.18. The molecule has 0 radical (unpaired) electrons. The van der Waals surface area contributed by atoms with Crippen molar-refractivity contribution in [2.45, 2.75) is 45.1 Å². The number of aliphatic hydroxyl groups excluding tert-OH is 1. The predicted octanol–water partition coefficient (Wildman–Crippen LogP) is 0.518. The molecule has 3 N–H and O–H groups in total. The van der Waals surface area contributed by atoms with Gasteiger partial charge in [-0.1, -0.05) is 19.8 Å². The zero-order valence-corrected chi connectivity index (χ0v) is 9.03. The van der Waals surface area contributed by atoms with Crippen LogP contribution in [0.2, 0.25) is 0 Å². The summed E-state index contributed by atoms with van der Waals surface area (Å²) in [6.07, 6.45) is 2.06. The maximum atomic E-state index is 11.1. The van der Waals surface area contributed by atoms with Crippen LogP contribution in [0.1, 0.15) is 39.0 Å². The summed E-state index contributed by atoms with van der Waals surface area (Å²) in [6, 6.07) is 0. The number of carbonyl (C=O) groups is 2. The minimum atomic E-state index is -1.39. The Morgan fingerprint density at radius 1 is 1.33 bits per heavy atom. The summed E-state index contributed by atoms with van der Waals surface area (Å²) >= 11 is 0. The molecule has 0 rings (SSSR count). The van der Waals surface area contributed by atoms with Gasteiger partial charge < -0.3 is 15.5 Å². The highest BCUT2D eigenvalue weighted by molar-refractivity contribution is 5.76. The molecule has 1 amide bonds. The Balaban J connectivity index is 3.42. The van der Waals surface area contributed by atoms with E-state index < -0.39 is 12.1 Å². The van der Waals surface area contributed by atoms with Gasteiger partial charge in [-0.15, -0.1) is 0 Å². The number of carboxylic acids is 1. The molecule has 0 fully saturated rings. The second-order valence-electron chi connectivity index (χ2n) is 3.45. The van der Waals surface area contributed by atoms with E-state index in [1.807, 2.05) is 0 Å². The van der Waals surface area contributed by atoms with Gasteiger partial charge in [0.15, 0.2) is 6.10 Å². The van der Waals surface area contributed by atoms with Crippen molar-refractivity contribution < 1.29 is 19.8 Å². The standard InChI is InChI=1S/C10H19NO4/c1-2-3-4-5-9(13)11-7-6-8(12)10(14)15/h8,12H,2-7H2,1H3,(H,11,13)(H,14,15)/t8-/m0/s1. The second kappa shape index (κ2) is 8.23. The number of aliphatic hydroxyl groups is 1. The third-order valence-corrected chi connectivity index (χ3v) is 2.03. The van der Waals surface area contributed by atoms with Gasteiger partial charge in [-0.3, -0.25) is 4.79 Å². The maximum Gasteiger partial charge on any atom is 0.332 e. The third-order valence-electron chi connectivity index (χ3n) is 2.03. The Bertz CT molecular complexity index is 206. The Hall–Kier alpha value is -1.10. The van der Waals surface area contributed by atoms with Gasteiger partial charge in [-0.05, 0) is 6.42 Å². The molecular weight excluding hydrogens is 198 g/mol. The summed E-state index contributed by atoms with van der Waals surface area (Å²) in [5, 5.41) is 19.8. The summed E-state index contributed by atoms with van der Waals surface area (Å²) in [5.74, 6) is -1.34. The lowest BCUT2D eigenvalue weighted by molar-refractivity contribution is -0.147. The Morgan fingerprint density at radius 3 is 2.53 bits per heavy atom. The molecule has 0 aromatic carbocycles. The zero-order valence-electron chi connectivity index (χ0n) is 9.03. The minimum Gasteiger partial charge on any atom is -0.479 e. The molecular formula is C10H19NO4. The fourth-order valence-electron chi connectivity index (χ4n) is 1.10. The molecule has 0 aliphatic rings. The normalized spacial score (nSPS) is 12.1. The van der Waals surface area contributed by atoms with Gasteiger partial charge in [0, 0.05) is 19.4 Å². The van der Waals surface area contributed by atoms with Crippen LogP contribution in [0.4, 0.5) is 0 Å². The number of unbranched alkanes of at least 4 members (excludes halogenated alkanes) is 2. The molecule has 0 heterocycles. The van der Waals surface area contributed by atoms with Gasteiger partial charge >= 0.3 is 5.97 Å². The molecule has 0 aromatic heterocycles. The quantitative estimate of drug-likeness (QED) is 0.517. The van der Waals surface area contributed by atoms with Crippen LogP contribution in [0.25, 0.3) is 0 Å². The van der Waals surface area contributed by atoms with Gasteiger partial charge in [-0.2, -0.15) is 0 Å². The molecule has 88 valence electrons. The number of carbonyl (C=O) groups excluding carboxylic acids is 1. The van der Waals surface area contributed by atoms with E-state index >= 15 is 0 Å². The van der Waals surface area contributed by atoms with Gasteiger partial charge in [-0.25, -0.2) is 4.79 Å². The monoisotopic (exact) mass is 217 g/mol. The van der Waals surface area contributed by atoms with Gasteiger partial charge in [0.05, 0.1) is 0 Å². The number of nitrogens with one attached hydrogen (secondary N) is 1. The Morgan fingerprint density at radius 2 is 2.00 bits per heavy atom. The molecule has 0 aliphatic carbocycles. The zero-order chi connectivity index (χ0) is 11.7. The van der Waals surface area contributed by atoms with Crippen LogP contribution < -0.4 is 5.32 Å². The number of carboxylic acid groups (broad SMARTS) is 1. The van der Waals surface area contributed by atoms with Crippen molar-refractivity contribution in [3.05, 3.63) is 0 Å². The topological polar surface area (TPSA) is 86.6 Å². The second-order valence-corrected chi connectivity index (χ2v) is 3.45. The largest absolute Gasteiger partial charge is 0.479 e. The van der Waals surface area contributed by atoms with Crippen LogP contribution in [0.5, 0.6) is 0 Å². The molecule has 0 aromatic rings. The van der Waals surface area contributed by atoms with Crippen molar-refractivity contribution in [1.82, 2.24) is 5.32 Å². The fraction of sp³-hybridized carbons (Fsp3) is 0.800. The lowest BCUT2D eigenvalue weighted by atomic mass is 10.2. The van der Waals surface area contributed by atoms with Crippen molar-refractivity contribution in [3.63, 3.8) is 0 Å². The van der Waals surface area contributed by atoms with Gasteiger partial charge in [0.25, 0.3) is 0 Å². The first-order chi connectivity index (χ1) is 7.07. The highest BCUT2D eigenvalue weighted by Gasteiger charge is 2.12. The smallest absolute Gasteiger partial charge is 0.332 e. The van der Waals surface area contributed by atoms with E-state index in [-0.39, 0.29) is 18.9 Å². The fourth-order valence-corrected chi connectivity index (χ4v) is 1.10. The number of aliphatic carboxylic acids is 1. The summed E-state index contributed by atoms with van der Waals surface area (Å²) in [4.78, 5) is 21.4. The van der Waals surface area contributed by atoms with Crippen molar-refractivity contribution in [1.29, 1.82) is 0 Å². The van der Waals surface area contributed by atoms with E-state index in [0.29, 0.717) is 6.42 Å². The van der Waals surface area contributed by atoms with Crippen molar-refractivity contribution in [2.75, 3.05) is 6.54 Å². The molecule has 1 atom stereocenters. The molecule has 0 aliphatic heterocycles. The van der Waals surface area contributed by atoms with Crippen LogP contribution >= 0.6 is 0 Å². The van der Waals surface area contributed by atoms with E-state index in [4.69, 9.17) is 10.2 Å². The third kappa shape index (κ3) is 7.93. The van der Waals surface area contributed by atoms with Crippen LogP contribution in [0.3, 0.4) is 0 Å². The summed E-state index contributed by atoms with van der Waals surface area (Å²) in [5.41, 5.74) is 0. The van der Waals surface area contributed by atoms with E-state index in [1.54, 1.807) is 0 Å². The molecule has 5 nitrogen and oxygen atoms in total. The SMILES string of the molecule is CCCCCC(=O)NCC[C@H](O)C(=O)O. The number of rotatable bonds is 8. The minimum absolute atomic E-state index is 0.0504. The van der Waals surface area contributed by atoms with Gasteiger partial charge in [0.1, 0.15) is 0 Å². The first kappa shape index (κ1) is 13.9. The van der Waals surface area contributed by atoms with E-state index in [1.165, 1.54) is 0 Å². The van der Waals surface area contributed by atoms with Crippen LogP contribution in [0, 0.1) is 0 Å². The highest BCUT2D eigenvalue weighted by Crippen LogP contribution is 1.98. The van der Waals surface area contributed by atoms with Crippen molar-refractivity contribution in [3.8, 4) is 0 Å². The summed E-state index contributed by atoms with van der Waals surface area (Å²) in [6.45, 7) is 2.26. The maximum absolute atomic E-state index is 11.1. The van der Waals surface area contributed by atoms with E-state index in [0.717, 1.165) is 19.3 Å². The average molecular weight is 217 g/mol. The van der Waals surface area contributed by atoms with E-state index in [9.17, 15) is 9.59 Å². The summed E-state index contributed by atoms with van der Waals surface area (Å²) < 4.78 is 0. The lowest BCUT2D eigenvalue weighted by Gasteiger charge is -2.06. The highest BCUT2D eigenvalue weighted by atomic mass is 16.4. The molecule has 15 heavy (non-hydrogen) atoms.